The molecule has 71 heavy (non-hydrogen) atoms. The fourth-order valence-corrected chi connectivity index (χ4v) is 8.68. The van der Waals surface area contributed by atoms with Crippen LogP contribution in [0.3, 0.4) is 0 Å². The van der Waals surface area contributed by atoms with Crippen LogP contribution in [0.4, 0.5) is 41.1 Å². The summed E-state index contributed by atoms with van der Waals surface area (Å²) in [6.07, 6.45) is 0.207. The third-order valence-corrected chi connectivity index (χ3v) is 13.9. The number of cyclic esters (lactones) is 2. The Bertz CT molecular complexity index is 1990. The van der Waals surface area contributed by atoms with Crippen LogP contribution in [0.2, 0.25) is 0 Å². The van der Waals surface area contributed by atoms with Gasteiger partial charge < -0.3 is 55.2 Å². The molecule has 2 atom stereocenters. The van der Waals surface area contributed by atoms with Crippen LogP contribution in [0.15, 0.2) is 36.4 Å². The van der Waals surface area contributed by atoms with Crippen LogP contribution in [-0.4, -0.2) is 187 Å². The number of nitrogens with zero attached hydrogens (tertiary/aromatic N) is 7. The normalized spacial score (nSPS) is 17.5. The molecule has 0 aromatic heterocycles. The standard InChI is InChI=1S/C20H27FN4O4S.C17H23FN4O4.C6H15N.C5H10S2.ClH/c1-2-18(30)22-12-15-13-25(20(28)29-15)14-3-4-17(16(21)11-14)23-6-8-24(9-7-23)19(27)5-10-26;18-14-9-12(22-11-13(10-19)26-17(22)25)1-2-15(14)20-4-6-21(7-5-20)16(24)3-8-23;1-4-7(5-2)6-3;1-3-5(6)7-4-2;/h3-4,11,15,26H,2,5-10,12-13H2,1H3,(H,22,30);1-2,9,13,23H,3-8,10-11,19H2;4-6H2,1-3H3;3-4H2,1-2H3;1H/t15-;13-;;;/m00.../s1. The predicted octanol–water partition coefficient (Wildman–Crippen LogP) is 5.90. The zero-order chi connectivity index (χ0) is 51.8. The average Bonchev–Trinajstić information content (AvgIpc) is 3.95. The number of carbonyl (C=O) groups excluding carboxylic acids is 4. The second-order valence-corrected chi connectivity index (χ2v) is 19.0. The summed E-state index contributed by atoms with van der Waals surface area (Å²) in [7, 11) is 0. The maximum Gasteiger partial charge on any atom is 0.414 e. The molecule has 4 aliphatic rings. The maximum absolute atomic E-state index is 14.8. The number of thiocarbonyl (C=S) groups is 2. The molecule has 400 valence electrons. The van der Waals surface area contributed by atoms with Crippen molar-refractivity contribution in [1.82, 2.24) is 20.0 Å². The van der Waals surface area contributed by atoms with Crippen LogP contribution in [0.25, 0.3) is 0 Å². The van der Waals surface area contributed by atoms with E-state index in [9.17, 15) is 28.0 Å². The van der Waals surface area contributed by atoms with Gasteiger partial charge in [0, 0.05) is 75.9 Å². The lowest BCUT2D eigenvalue weighted by atomic mass is 10.2. The molecule has 4 aliphatic heterocycles. The fourth-order valence-electron chi connectivity index (χ4n) is 7.72. The fraction of sp³-hybridized carbons (Fsp3) is 0.625. The monoisotopic (exact) mass is 1080 g/mol. The number of hydrogen-bond acceptors (Lipinski definition) is 15. The molecule has 6 rings (SSSR count). The number of nitrogens with two attached hydrogens (primary N) is 1. The number of benzene rings is 2. The van der Waals surface area contributed by atoms with Crippen molar-refractivity contribution < 1.29 is 47.6 Å². The lowest BCUT2D eigenvalue weighted by Crippen LogP contribution is -2.49. The van der Waals surface area contributed by atoms with Crippen LogP contribution >= 0.6 is 48.6 Å². The van der Waals surface area contributed by atoms with Gasteiger partial charge in [0.25, 0.3) is 0 Å². The van der Waals surface area contributed by atoms with E-state index in [-0.39, 0.29) is 69.0 Å². The molecule has 0 unspecified atom stereocenters. The van der Waals surface area contributed by atoms with Gasteiger partial charge in [-0.05, 0) is 74.6 Å². The van der Waals surface area contributed by atoms with Crippen LogP contribution in [0.1, 0.15) is 67.2 Å². The Morgan fingerprint density at radius 2 is 1.14 bits per heavy atom. The molecule has 0 radical (unpaired) electrons. The number of piperazine rings is 2. The van der Waals surface area contributed by atoms with Crippen LogP contribution in [0.5, 0.6) is 0 Å². The molecule has 4 heterocycles. The Morgan fingerprint density at radius 1 is 0.718 bits per heavy atom. The number of carbonyl (C=O) groups is 4. The van der Waals surface area contributed by atoms with Crippen molar-refractivity contribution in [1.29, 1.82) is 0 Å². The van der Waals surface area contributed by atoms with Gasteiger partial charge in [-0.25, -0.2) is 18.4 Å². The summed E-state index contributed by atoms with van der Waals surface area (Å²) in [6, 6.07) is 9.34. The lowest BCUT2D eigenvalue weighted by Gasteiger charge is -2.36. The summed E-state index contributed by atoms with van der Waals surface area (Å²) in [5, 5.41) is 20.8. The van der Waals surface area contributed by atoms with E-state index in [1.165, 1.54) is 41.6 Å². The van der Waals surface area contributed by atoms with Gasteiger partial charge >= 0.3 is 12.2 Å². The summed E-state index contributed by atoms with van der Waals surface area (Å²) in [5.41, 5.74) is 7.26. The first-order valence-electron chi connectivity index (χ1n) is 24.3. The van der Waals surface area contributed by atoms with E-state index in [4.69, 9.17) is 49.9 Å². The number of nitrogens with one attached hydrogen (secondary N) is 1. The van der Waals surface area contributed by atoms with Gasteiger partial charge in [-0.2, -0.15) is 0 Å². The van der Waals surface area contributed by atoms with E-state index in [1.807, 2.05) is 16.7 Å². The smallest absolute Gasteiger partial charge is 0.414 e. The van der Waals surface area contributed by atoms with Crippen LogP contribution in [-0.2, 0) is 19.1 Å². The summed E-state index contributed by atoms with van der Waals surface area (Å²) >= 11 is 11.8. The van der Waals surface area contributed by atoms with Crippen molar-refractivity contribution in [3.8, 4) is 0 Å². The molecule has 2 aromatic rings. The number of aliphatic hydroxyl groups is 2. The molecule has 0 aliphatic carbocycles. The van der Waals surface area contributed by atoms with E-state index in [0.29, 0.717) is 99.7 Å². The van der Waals surface area contributed by atoms with E-state index in [1.54, 1.807) is 45.8 Å². The second kappa shape index (κ2) is 33.5. The maximum atomic E-state index is 14.8. The van der Waals surface area contributed by atoms with Gasteiger partial charge in [-0.3, -0.25) is 19.4 Å². The first-order chi connectivity index (χ1) is 33.6. The SMILES string of the molecule is CCC(=S)NC[C@H]1CN(c2ccc(N3CCN(C(=O)CCO)CC3)c(F)c2)C(=O)O1.CCN(CC)CC.CCSC(=S)CC.Cl.NC[C@H]1CN(c2ccc(N3CCN(C(=O)CCO)CC3)c(F)c2)C(=O)O1. The Labute approximate surface area is 440 Å². The second-order valence-electron chi connectivity index (χ2n) is 16.4. The van der Waals surface area contributed by atoms with E-state index in [2.05, 4.69) is 44.8 Å². The summed E-state index contributed by atoms with van der Waals surface area (Å²) in [4.78, 5) is 60.7. The minimum absolute atomic E-state index is 0. The van der Waals surface area contributed by atoms with E-state index < -0.39 is 23.8 Å². The third kappa shape index (κ3) is 20.0. The number of anilines is 4. The number of thioether (sulfide) groups is 1. The summed E-state index contributed by atoms with van der Waals surface area (Å²) < 4.78 is 41.0. The first-order valence-corrected chi connectivity index (χ1v) is 26.1. The number of amides is 4. The largest absolute Gasteiger partial charge is 0.443 e. The molecule has 5 N–H and O–H groups in total. The van der Waals surface area contributed by atoms with Crippen molar-refractivity contribution in [3.05, 3.63) is 48.0 Å². The number of ether oxygens (including phenoxy) is 2. The molecule has 0 spiro atoms. The average molecular weight is 1080 g/mol. The topological polar surface area (TPSA) is 188 Å². The van der Waals surface area contributed by atoms with Gasteiger partial charge in [0.2, 0.25) is 11.8 Å². The van der Waals surface area contributed by atoms with E-state index in [0.717, 1.165) is 22.8 Å². The molecule has 17 nitrogen and oxygen atoms in total. The Hall–Kier alpha value is -4.16. The molecule has 0 bridgehead atoms. The minimum Gasteiger partial charge on any atom is -0.443 e. The van der Waals surface area contributed by atoms with Crippen molar-refractivity contribution in [2.45, 2.75) is 79.4 Å². The van der Waals surface area contributed by atoms with Gasteiger partial charge in [0.15, 0.2) is 0 Å². The Balaban J connectivity index is 0.000000382. The van der Waals surface area contributed by atoms with E-state index >= 15 is 0 Å². The molecular weight excluding hydrogens is 1000 g/mol. The van der Waals surface area contributed by atoms with Gasteiger partial charge in [0.1, 0.15) is 23.8 Å². The highest BCUT2D eigenvalue weighted by atomic mass is 35.5. The van der Waals surface area contributed by atoms with Crippen molar-refractivity contribution in [3.63, 3.8) is 0 Å². The number of halogens is 3. The Kier molecular flexibility index (Phi) is 29.7. The molecule has 4 fully saturated rings. The van der Waals surface area contributed by atoms with Gasteiger partial charge in [0.05, 0.1) is 60.6 Å². The quantitative estimate of drug-likeness (QED) is 0.137. The predicted molar refractivity (Wildman–Crippen MR) is 291 cm³/mol. The highest BCUT2D eigenvalue weighted by Gasteiger charge is 2.34. The first kappa shape index (κ1) is 63.0. The minimum atomic E-state index is -0.524. The van der Waals surface area contributed by atoms with Crippen LogP contribution < -0.4 is 30.7 Å². The molecular formula is C48H76ClF2N9O8S3. The highest BCUT2D eigenvalue weighted by molar-refractivity contribution is 8.23. The number of rotatable bonds is 17. The number of hydrogen-bond donors (Lipinski definition) is 4. The van der Waals surface area contributed by atoms with Crippen molar-refractivity contribution >= 4 is 105 Å². The number of aliphatic hydroxyl groups excluding tert-OH is 2. The van der Waals surface area contributed by atoms with Gasteiger partial charge in [-0.1, -0.05) is 66.0 Å². The summed E-state index contributed by atoms with van der Waals surface area (Å²) in [5.74, 6) is 0.0761. The molecule has 4 amide bonds. The molecule has 4 saturated heterocycles. The van der Waals surface area contributed by atoms with Crippen molar-refractivity contribution in [2.24, 2.45) is 5.73 Å². The van der Waals surface area contributed by atoms with Crippen LogP contribution in [0, 0.1) is 11.6 Å². The Morgan fingerprint density at radius 3 is 1.45 bits per heavy atom. The lowest BCUT2D eigenvalue weighted by molar-refractivity contribution is -0.133. The summed E-state index contributed by atoms with van der Waals surface area (Å²) in [6.45, 7) is 21.2. The molecule has 2 aromatic carbocycles. The zero-order valence-corrected chi connectivity index (χ0v) is 45.4. The van der Waals surface area contributed by atoms with Crippen molar-refractivity contribution in [2.75, 3.05) is 137 Å². The zero-order valence-electron chi connectivity index (χ0n) is 42.1. The third-order valence-electron chi connectivity index (χ3n) is 11.9. The molecule has 0 saturated carbocycles. The highest BCUT2D eigenvalue weighted by Crippen LogP contribution is 2.30. The van der Waals surface area contributed by atoms with Gasteiger partial charge in [-0.15, -0.1) is 24.2 Å². The molecule has 23 heteroatoms.